The van der Waals surface area contributed by atoms with Gasteiger partial charge in [-0.05, 0) is 20.3 Å². The molecule has 2 atom stereocenters. The van der Waals surface area contributed by atoms with Gasteiger partial charge in [-0.3, -0.25) is 9.79 Å². The van der Waals surface area contributed by atoms with Crippen LogP contribution in [0.2, 0.25) is 0 Å². The Labute approximate surface area is 167 Å². The SMILES string of the molecule is C#CCOc1cc([C@@H](CCC)NC(=O)[C@]2(C)CSC(/C(C)=N/O)=N2)oc(=O)c1. The van der Waals surface area contributed by atoms with Crippen molar-refractivity contribution < 1.29 is 19.2 Å². The van der Waals surface area contributed by atoms with Crippen LogP contribution in [0.5, 0.6) is 5.75 Å². The van der Waals surface area contributed by atoms with Crippen molar-refractivity contribution in [2.24, 2.45) is 10.1 Å². The van der Waals surface area contributed by atoms with Crippen LogP contribution in [0.15, 0.2) is 31.5 Å². The van der Waals surface area contributed by atoms with E-state index < -0.39 is 17.2 Å². The van der Waals surface area contributed by atoms with Crippen LogP contribution >= 0.6 is 11.8 Å². The first-order chi connectivity index (χ1) is 13.3. The Hall–Kier alpha value is -2.73. The van der Waals surface area contributed by atoms with Crippen molar-refractivity contribution >= 4 is 28.4 Å². The third-order valence-corrected chi connectivity index (χ3v) is 5.46. The van der Waals surface area contributed by atoms with E-state index in [0.29, 0.717) is 28.7 Å². The van der Waals surface area contributed by atoms with Gasteiger partial charge in [-0.2, -0.15) is 0 Å². The number of amides is 1. The highest BCUT2D eigenvalue weighted by molar-refractivity contribution is 8.16. The molecular weight excluding hydrogens is 382 g/mol. The average molecular weight is 405 g/mol. The van der Waals surface area contributed by atoms with Gasteiger partial charge in [0, 0.05) is 11.8 Å². The molecule has 9 heteroatoms. The molecule has 0 aliphatic carbocycles. The summed E-state index contributed by atoms with van der Waals surface area (Å²) in [4.78, 5) is 29.2. The molecule has 0 unspecified atom stereocenters. The maximum Gasteiger partial charge on any atom is 0.339 e. The molecule has 1 amide bonds. The minimum absolute atomic E-state index is 0.0201. The van der Waals surface area contributed by atoms with Gasteiger partial charge in [0.15, 0.2) is 0 Å². The maximum atomic E-state index is 12.9. The predicted molar refractivity (Wildman–Crippen MR) is 108 cm³/mol. The molecule has 0 bridgehead atoms. The number of hydrogen-bond acceptors (Lipinski definition) is 8. The molecule has 2 N–H and O–H groups in total. The molecular formula is C19H23N3O5S. The lowest BCUT2D eigenvalue weighted by Crippen LogP contribution is -2.45. The molecule has 0 radical (unpaired) electrons. The smallest absolute Gasteiger partial charge is 0.339 e. The standard InChI is InChI=1S/C19H23N3O5S/c1-5-7-14(15-9-13(26-8-6-2)10-16(23)27-15)20-18(24)19(4)11-28-17(21-19)12(3)22-25/h2,9-10,14,25H,5,7-8,11H2,1,3-4H3,(H,20,24)/b22-12+/t14-,19+/m1/s1. The molecule has 0 saturated heterocycles. The Balaban J connectivity index is 2.25. The second-order valence-electron chi connectivity index (χ2n) is 6.49. The van der Waals surface area contributed by atoms with E-state index in [0.717, 1.165) is 6.42 Å². The molecule has 0 fully saturated rings. The summed E-state index contributed by atoms with van der Waals surface area (Å²) in [6, 6.07) is 2.24. The van der Waals surface area contributed by atoms with Crippen molar-refractivity contribution in [2.45, 2.75) is 45.2 Å². The molecule has 28 heavy (non-hydrogen) atoms. The van der Waals surface area contributed by atoms with Crippen LogP contribution in [-0.2, 0) is 4.79 Å². The van der Waals surface area contributed by atoms with E-state index in [1.807, 2.05) is 6.92 Å². The number of thioether (sulfide) groups is 1. The van der Waals surface area contributed by atoms with E-state index in [2.05, 4.69) is 21.4 Å². The van der Waals surface area contributed by atoms with E-state index >= 15 is 0 Å². The van der Waals surface area contributed by atoms with Crippen molar-refractivity contribution in [1.29, 1.82) is 0 Å². The van der Waals surface area contributed by atoms with Crippen LogP contribution in [0.3, 0.4) is 0 Å². The summed E-state index contributed by atoms with van der Waals surface area (Å²) in [5, 5.41) is 15.5. The summed E-state index contributed by atoms with van der Waals surface area (Å²) in [7, 11) is 0. The zero-order valence-corrected chi connectivity index (χ0v) is 16.8. The lowest BCUT2D eigenvalue weighted by molar-refractivity contribution is -0.125. The zero-order chi connectivity index (χ0) is 20.7. The van der Waals surface area contributed by atoms with Crippen LogP contribution < -0.4 is 15.7 Å². The monoisotopic (exact) mass is 405 g/mol. The largest absolute Gasteiger partial charge is 0.481 e. The first kappa shape index (κ1) is 21.6. The summed E-state index contributed by atoms with van der Waals surface area (Å²) in [5.74, 6) is 3.02. The Morgan fingerprint density at radius 3 is 3.00 bits per heavy atom. The molecule has 2 rings (SSSR count). The number of aliphatic imine (C=N–C) groups is 1. The average Bonchev–Trinajstić information content (AvgIpc) is 3.08. The fraction of sp³-hybridized carbons (Fsp3) is 0.474. The number of hydrogen-bond donors (Lipinski definition) is 2. The van der Waals surface area contributed by atoms with Gasteiger partial charge in [-0.1, -0.05) is 24.4 Å². The highest BCUT2D eigenvalue weighted by Crippen LogP contribution is 2.30. The molecule has 0 spiro atoms. The number of carbonyl (C=O) groups is 1. The predicted octanol–water partition coefficient (Wildman–Crippen LogP) is 2.36. The quantitative estimate of drug-likeness (QED) is 0.297. The highest BCUT2D eigenvalue weighted by Gasteiger charge is 2.40. The third-order valence-electron chi connectivity index (χ3n) is 4.10. The molecule has 1 aliphatic rings. The van der Waals surface area contributed by atoms with Crippen molar-refractivity contribution in [3.05, 3.63) is 28.3 Å². The van der Waals surface area contributed by atoms with Gasteiger partial charge < -0.3 is 19.7 Å². The van der Waals surface area contributed by atoms with E-state index in [1.54, 1.807) is 19.9 Å². The Bertz CT molecular complexity index is 886. The van der Waals surface area contributed by atoms with Gasteiger partial charge >= 0.3 is 5.63 Å². The fourth-order valence-electron chi connectivity index (χ4n) is 2.58. The Kier molecular flexibility index (Phi) is 7.29. The van der Waals surface area contributed by atoms with Crippen LogP contribution in [0.25, 0.3) is 0 Å². The number of nitrogens with one attached hydrogen (secondary N) is 1. The van der Waals surface area contributed by atoms with Gasteiger partial charge in [0.1, 0.15) is 34.4 Å². The summed E-state index contributed by atoms with van der Waals surface area (Å²) < 4.78 is 10.6. The Morgan fingerprint density at radius 2 is 2.36 bits per heavy atom. The second kappa shape index (κ2) is 9.46. The molecule has 1 aliphatic heterocycles. The van der Waals surface area contributed by atoms with Crippen molar-refractivity contribution in [2.75, 3.05) is 12.4 Å². The van der Waals surface area contributed by atoms with E-state index in [-0.39, 0.29) is 18.3 Å². The summed E-state index contributed by atoms with van der Waals surface area (Å²) in [6.45, 7) is 5.30. The van der Waals surface area contributed by atoms with Gasteiger partial charge in [-0.25, -0.2) is 4.79 Å². The van der Waals surface area contributed by atoms with Gasteiger partial charge in [0.25, 0.3) is 0 Å². The lowest BCUT2D eigenvalue weighted by Gasteiger charge is -2.24. The minimum Gasteiger partial charge on any atom is -0.481 e. The first-order valence-electron chi connectivity index (χ1n) is 8.77. The lowest BCUT2D eigenvalue weighted by atomic mass is 10.0. The molecule has 2 heterocycles. The van der Waals surface area contributed by atoms with Crippen molar-refractivity contribution in [1.82, 2.24) is 5.32 Å². The first-order valence-corrected chi connectivity index (χ1v) is 9.75. The summed E-state index contributed by atoms with van der Waals surface area (Å²) >= 11 is 1.35. The number of nitrogens with zero attached hydrogens (tertiary/aromatic N) is 2. The fourth-order valence-corrected chi connectivity index (χ4v) is 3.71. The Morgan fingerprint density at radius 1 is 1.61 bits per heavy atom. The number of rotatable bonds is 8. The number of ether oxygens (including phenoxy) is 1. The zero-order valence-electron chi connectivity index (χ0n) is 16.0. The van der Waals surface area contributed by atoms with Crippen LogP contribution in [0.1, 0.15) is 45.4 Å². The molecule has 0 aromatic carbocycles. The van der Waals surface area contributed by atoms with Crippen molar-refractivity contribution in [3.8, 4) is 18.1 Å². The number of carbonyl (C=O) groups excluding carboxylic acids is 1. The van der Waals surface area contributed by atoms with Gasteiger partial charge in [-0.15, -0.1) is 18.2 Å². The third kappa shape index (κ3) is 5.16. The second-order valence-corrected chi connectivity index (χ2v) is 7.45. The molecule has 8 nitrogen and oxygen atoms in total. The topological polar surface area (TPSA) is 113 Å². The molecule has 0 saturated carbocycles. The van der Waals surface area contributed by atoms with Crippen molar-refractivity contribution in [3.63, 3.8) is 0 Å². The minimum atomic E-state index is -1.02. The maximum absolute atomic E-state index is 12.9. The van der Waals surface area contributed by atoms with E-state index in [9.17, 15) is 9.59 Å². The summed E-state index contributed by atoms with van der Waals surface area (Å²) in [5.41, 5.74) is -1.25. The summed E-state index contributed by atoms with van der Waals surface area (Å²) in [6.07, 6.45) is 6.49. The molecule has 150 valence electrons. The van der Waals surface area contributed by atoms with Gasteiger partial charge in [0.2, 0.25) is 5.91 Å². The number of terminal acetylenes is 1. The molecule has 1 aromatic heterocycles. The van der Waals surface area contributed by atoms with E-state index in [1.165, 1.54) is 17.8 Å². The molecule has 1 aromatic rings. The van der Waals surface area contributed by atoms with Gasteiger partial charge in [0.05, 0.1) is 12.1 Å². The number of oxime groups is 1. The van der Waals surface area contributed by atoms with Crippen LogP contribution in [-0.4, -0.2) is 39.8 Å². The van der Waals surface area contributed by atoms with Crippen LogP contribution in [0.4, 0.5) is 0 Å². The highest BCUT2D eigenvalue weighted by atomic mass is 32.2. The van der Waals surface area contributed by atoms with E-state index in [4.69, 9.17) is 20.8 Å². The van der Waals surface area contributed by atoms with Crippen LogP contribution in [0, 0.1) is 12.3 Å². The normalized spacial score (nSPS) is 20.2.